The monoisotopic (exact) mass is 747 g/mol. The van der Waals surface area contributed by atoms with Crippen molar-refractivity contribution in [3.63, 3.8) is 0 Å². The molecule has 0 saturated carbocycles. The van der Waals surface area contributed by atoms with E-state index in [9.17, 15) is 24.0 Å². The number of nitrogens with zero attached hydrogens (tertiary/aromatic N) is 2. The number of hydrogen-bond acceptors (Lipinski definition) is 11. The predicted octanol–water partition coefficient (Wildman–Crippen LogP) is 5.87. The van der Waals surface area contributed by atoms with Gasteiger partial charge in [-0.05, 0) is 37.8 Å². The van der Waals surface area contributed by atoms with Gasteiger partial charge in [-0.3, -0.25) is 19.8 Å². The molecule has 2 atom stereocenters. The van der Waals surface area contributed by atoms with Crippen LogP contribution in [0.4, 0.5) is 14.7 Å². The van der Waals surface area contributed by atoms with Crippen LogP contribution in [-0.4, -0.2) is 76.3 Å². The van der Waals surface area contributed by atoms with Crippen LogP contribution in [0.15, 0.2) is 83.4 Å². The van der Waals surface area contributed by atoms with Crippen LogP contribution in [-0.2, 0) is 28.6 Å². The largest absolute Gasteiger partial charge is 0.448 e. The summed E-state index contributed by atoms with van der Waals surface area (Å²) in [6.45, 7) is 8.78. The number of anilines is 1. The van der Waals surface area contributed by atoms with Crippen LogP contribution in [0, 0.1) is 5.92 Å². The van der Waals surface area contributed by atoms with Crippen LogP contribution in [0.2, 0.25) is 0 Å². The molecule has 2 aliphatic rings. The summed E-state index contributed by atoms with van der Waals surface area (Å²) in [7, 11) is 1.42. The minimum atomic E-state index is -0.977. The standard InChI is InChI=1S/C37H41N5O8S2/c1-21(2)17-25(26-20-52-34(39-26)41-36(47)50-37(3,4)5)30(43)40-27-31(44)42-28(24(19-51-32(27)42)18-48-35(46)38-6)33(45)49-29(22-13-9-7-10-14-22)23-15-11-8-12-16-23/h7-17,20-21,27,29,32H,18-19H2,1-6H3,(H,38,46)(H,40,43)(H,39,41,47)/t27-,32+/m1/s1. The third-order valence-corrected chi connectivity index (χ3v) is 9.77. The van der Waals surface area contributed by atoms with Gasteiger partial charge < -0.3 is 24.8 Å². The Kier molecular flexibility index (Phi) is 12.1. The minimum absolute atomic E-state index is 0.0321. The number of ether oxygens (including phenoxy) is 3. The van der Waals surface area contributed by atoms with Crippen molar-refractivity contribution in [3.8, 4) is 0 Å². The summed E-state index contributed by atoms with van der Waals surface area (Å²) >= 11 is 2.45. The predicted molar refractivity (Wildman–Crippen MR) is 198 cm³/mol. The van der Waals surface area contributed by atoms with E-state index in [1.807, 2.05) is 74.5 Å². The number of carbonyl (C=O) groups excluding carboxylic acids is 5. The maximum atomic E-state index is 14.1. The summed E-state index contributed by atoms with van der Waals surface area (Å²) in [5.41, 5.74) is 1.64. The van der Waals surface area contributed by atoms with Crippen LogP contribution in [0.1, 0.15) is 57.5 Å². The molecule has 1 saturated heterocycles. The van der Waals surface area contributed by atoms with Gasteiger partial charge in [-0.15, -0.1) is 23.1 Å². The number of rotatable bonds is 11. The van der Waals surface area contributed by atoms with Gasteiger partial charge in [-0.25, -0.2) is 19.4 Å². The molecule has 274 valence electrons. The summed E-state index contributed by atoms with van der Waals surface area (Å²) in [6, 6.07) is 17.5. The number of aromatic nitrogens is 1. The average molecular weight is 748 g/mol. The van der Waals surface area contributed by atoms with Gasteiger partial charge in [0.1, 0.15) is 29.3 Å². The van der Waals surface area contributed by atoms with Crippen LogP contribution < -0.4 is 16.0 Å². The van der Waals surface area contributed by atoms with Crippen LogP contribution in [0.3, 0.4) is 0 Å². The lowest BCUT2D eigenvalue weighted by Gasteiger charge is -2.49. The molecule has 1 aromatic heterocycles. The lowest BCUT2D eigenvalue weighted by atomic mass is 10.00. The fourth-order valence-corrected chi connectivity index (χ4v) is 7.45. The molecule has 3 heterocycles. The first-order valence-electron chi connectivity index (χ1n) is 16.6. The number of alkyl carbamates (subject to hydrolysis) is 1. The van der Waals surface area contributed by atoms with Crippen LogP contribution in [0.5, 0.6) is 0 Å². The number of hydrogen-bond donors (Lipinski definition) is 3. The molecule has 52 heavy (non-hydrogen) atoms. The topological polar surface area (TPSA) is 165 Å². The summed E-state index contributed by atoms with van der Waals surface area (Å²) in [5.74, 6) is -1.68. The number of fused-ring (bicyclic) bond motifs is 1. The summed E-state index contributed by atoms with van der Waals surface area (Å²) in [4.78, 5) is 71.8. The first kappa shape index (κ1) is 38.1. The van der Waals surface area contributed by atoms with Crippen molar-refractivity contribution >= 4 is 63.8 Å². The number of thiazole rings is 1. The molecular weight excluding hydrogens is 707 g/mol. The first-order chi connectivity index (χ1) is 24.8. The van der Waals surface area contributed by atoms with E-state index in [4.69, 9.17) is 14.2 Å². The highest BCUT2D eigenvalue weighted by atomic mass is 32.2. The molecule has 1 fully saturated rings. The van der Waals surface area contributed by atoms with Gasteiger partial charge in [-0.1, -0.05) is 80.6 Å². The molecule has 15 heteroatoms. The maximum Gasteiger partial charge on any atom is 0.413 e. The molecule has 3 aromatic rings. The lowest BCUT2D eigenvalue weighted by Crippen LogP contribution is -2.70. The number of thioether (sulfide) groups is 1. The lowest BCUT2D eigenvalue weighted by molar-refractivity contribution is -0.154. The van der Waals surface area contributed by atoms with E-state index in [-0.39, 0.29) is 34.7 Å². The molecule has 0 spiro atoms. The van der Waals surface area contributed by atoms with Crippen molar-refractivity contribution in [2.45, 2.75) is 57.7 Å². The zero-order valence-corrected chi connectivity index (χ0v) is 31.3. The number of benzene rings is 2. The van der Waals surface area contributed by atoms with E-state index in [1.165, 1.54) is 23.7 Å². The summed E-state index contributed by atoms with van der Waals surface area (Å²) in [5, 5.41) is 9.04. The normalized spacial score (nSPS) is 17.3. The Hall–Kier alpha value is -5.15. The Morgan fingerprint density at radius 1 is 1.00 bits per heavy atom. The Bertz CT molecular complexity index is 1830. The number of β-lactam (4-membered cyclic amide) rings is 1. The maximum absolute atomic E-state index is 14.1. The van der Waals surface area contributed by atoms with Crippen molar-refractivity contribution in [1.29, 1.82) is 0 Å². The van der Waals surface area contributed by atoms with Gasteiger partial charge in [0.05, 0.1) is 11.3 Å². The minimum Gasteiger partial charge on any atom is -0.448 e. The van der Waals surface area contributed by atoms with Crippen molar-refractivity contribution in [2.75, 3.05) is 24.7 Å². The van der Waals surface area contributed by atoms with E-state index in [2.05, 4.69) is 20.9 Å². The Morgan fingerprint density at radius 2 is 1.63 bits per heavy atom. The van der Waals surface area contributed by atoms with E-state index >= 15 is 0 Å². The molecule has 0 aliphatic carbocycles. The summed E-state index contributed by atoms with van der Waals surface area (Å²) < 4.78 is 16.7. The molecule has 2 aromatic carbocycles. The van der Waals surface area contributed by atoms with Crippen LogP contribution >= 0.6 is 23.1 Å². The highest BCUT2D eigenvalue weighted by Crippen LogP contribution is 2.42. The van der Waals surface area contributed by atoms with Crippen molar-refractivity contribution < 1.29 is 38.2 Å². The SMILES string of the molecule is CNC(=O)OCC1=C(C(=O)OC(c2ccccc2)c2ccccc2)N2C(=O)[C@@H](NC(=O)C(=CC(C)C)c3csc(NC(=O)OC(C)(C)C)n3)[C@@H]2SC1. The molecule has 0 bridgehead atoms. The number of esters is 1. The van der Waals surface area contributed by atoms with Gasteiger partial charge >= 0.3 is 18.2 Å². The quantitative estimate of drug-likeness (QED) is 0.0935. The Labute approximate surface area is 310 Å². The smallest absolute Gasteiger partial charge is 0.413 e. The number of allylic oxidation sites excluding steroid dienone is 1. The molecule has 4 amide bonds. The average Bonchev–Trinajstić information content (AvgIpc) is 3.57. The molecule has 5 rings (SSSR count). The zero-order chi connectivity index (χ0) is 37.6. The molecular formula is C37H41N5O8S2. The third-order valence-electron chi connectivity index (χ3n) is 7.67. The summed E-state index contributed by atoms with van der Waals surface area (Å²) in [6.07, 6.45) is -0.446. The zero-order valence-electron chi connectivity index (χ0n) is 29.6. The third kappa shape index (κ3) is 9.19. The van der Waals surface area contributed by atoms with Crippen molar-refractivity contribution in [3.05, 3.63) is 100 Å². The second-order valence-electron chi connectivity index (χ2n) is 13.2. The first-order valence-corrected chi connectivity index (χ1v) is 18.5. The molecule has 2 aliphatic heterocycles. The number of nitrogens with one attached hydrogen (secondary N) is 3. The van der Waals surface area contributed by atoms with Gasteiger partial charge in [0, 0.05) is 23.8 Å². The van der Waals surface area contributed by atoms with Gasteiger partial charge in [0.2, 0.25) is 0 Å². The van der Waals surface area contributed by atoms with Gasteiger partial charge in [-0.2, -0.15) is 0 Å². The molecule has 0 unspecified atom stereocenters. The van der Waals surface area contributed by atoms with Gasteiger partial charge in [0.25, 0.3) is 11.8 Å². The van der Waals surface area contributed by atoms with E-state index in [0.717, 1.165) is 22.5 Å². The Morgan fingerprint density at radius 3 is 2.21 bits per heavy atom. The molecule has 3 N–H and O–H groups in total. The van der Waals surface area contributed by atoms with Crippen molar-refractivity contribution in [2.24, 2.45) is 5.92 Å². The second kappa shape index (κ2) is 16.5. The van der Waals surface area contributed by atoms with E-state index in [0.29, 0.717) is 11.3 Å². The number of carbonyl (C=O) groups is 5. The second-order valence-corrected chi connectivity index (χ2v) is 15.2. The van der Waals surface area contributed by atoms with Gasteiger partial charge in [0.15, 0.2) is 11.2 Å². The Balaban J connectivity index is 1.38. The highest BCUT2D eigenvalue weighted by molar-refractivity contribution is 8.00. The molecule has 0 radical (unpaired) electrons. The van der Waals surface area contributed by atoms with E-state index < -0.39 is 53.1 Å². The van der Waals surface area contributed by atoms with Crippen molar-refractivity contribution in [1.82, 2.24) is 20.5 Å². The van der Waals surface area contributed by atoms with E-state index in [1.54, 1.807) is 32.2 Å². The number of amides is 4. The fourth-order valence-electron chi connectivity index (χ4n) is 5.43. The van der Waals surface area contributed by atoms with Crippen LogP contribution in [0.25, 0.3) is 5.57 Å². The highest BCUT2D eigenvalue weighted by Gasteiger charge is 2.55. The fraction of sp³-hybridized carbons (Fsp3) is 0.351. The molecule has 13 nitrogen and oxygen atoms in total.